The molecule has 3 nitrogen and oxygen atoms in total. The van der Waals surface area contributed by atoms with E-state index in [9.17, 15) is 4.79 Å². The van der Waals surface area contributed by atoms with Crippen molar-refractivity contribution in [2.24, 2.45) is 0 Å². The Kier molecular flexibility index (Phi) is 5.69. The topological polar surface area (TPSA) is 23.6 Å². The molecule has 1 rings (SSSR count). The van der Waals surface area contributed by atoms with Gasteiger partial charge in [0.05, 0.1) is 0 Å². The SMILES string of the molecule is CCCCCN(C(C)=O)N1CCCCC1. The molecule has 0 aromatic carbocycles. The zero-order chi connectivity index (χ0) is 11.1. The summed E-state index contributed by atoms with van der Waals surface area (Å²) in [6.07, 6.45) is 7.35. The first-order chi connectivity index (χ1) is 7.25. The van der Waals surface area contributed by atoms with Crippen LogP contribution in [0.2, 0.25) is 0 Å². The molecule has 0 aromatic heterocycles. The lowest BCUT2D eigenvalue weighted by Gasteiger charge is -2.36. The molecule has 0 aliphatic carbocycles. The minimum atomic E-state index is 0.202. The highest BCUT2D eigenvalue weighted by atomic mass is 16.2. The average molecular weight is 212 g/mol. The van der Waals surface area contributed by atoms with Gasteiger partial charge in [0.1, 0.15) is 0 Å². The van der Waals surface area contributed by atoms with Gasteiger partial charge in [0, 0.05) is 26.6 Å². The normalized spacial score (nSPS) is 17.7. The van der Waals surface area contributed by atoms with Gasteiger partial charge in [-0.3, -0.25) is 9.80 Å². The summed E-state index contributed by atoms with van der Waals surface area (Å²) in [5.74, 6) is 0.202. The number of carbonyl (C=O) groups excluding carboxylic acids is 1. The minimum Gasteiger partial charge on any atom is -0.276 e. The maximum absolute atomic E-state index is 11.5. The summed E-state index contributed by atoms with van der Waals surface area (Å²) in [5.41, 5.74) is 0. The largest absolute Gasteiger partial charge is 0.276 e. The van der Waals surface area contributed by atoms with E-state index in [1.54, 1.807) is 6.92 Å². The fourth-order valence-electron chi connectivity index (χ4n) is 2.13. The molecule has 1 amide bonds. The zero-order valence-corrected chi connectivity index (χ0v) is 10.2. The van der Waals surface area contributed by atoms with Gasteiger partial charge in [-0.2, -0.15) is 0 Å². The molecule has 0 saturated carbocycles. The predicted molar refractivity (Wildman–Crippen MR) is 62.3 cm³/mol. The summed E-state index contributed by atoms with van der Waals surface area (Å²) < 4.78 is 0. The number of rotatable bonds is 5. The second kappa shape index (κ2) is 6.83. The van der Waals surface area contributed by atoms with Crippen LogP contribution >= 0.6 is 0 Å². The van der Waals surface area contributed by atoms with Crippen molar-refractivity contribution in [1.82, 2.24) is 10.0 Å². The number of nitrogens with zero attached hydrogens (tertiary/aromatic N) is 2. The van der Waals surface area contributed by atoms with E-state index in [4.69, 9.17) is 0 Å². The van der Waals surface area contributed by atoms with E-state index in [1.165, 1.54) is 32.1 Å². The molecule has 0 N–H and O–H groups in total. The molecule has 1 heterocycles. The molecule has 0 spiro atoms. The van der Waals surface area contributed by atoms with Gasteiger partial charge in [-0.25, -0.2) is 5.01 Å². The Hall–Kier alpha value is -0.570. The van der Waals surface area contributed by atoms with Crippen molar-refractivity contribution in [2.75, 3.05) is 19.6 Å². The second-order valence-electron chi connectivity index (χ2n) is 4.36. The highest BCUT2D eigenvalue weighted by molar-refractivity contribution is 5.72. The first-order valence-corrected chi connectivity index (χ1v) is 6.28. The Labute approximate surface area is 93.4 Å². The quantitative estimate of drug-likeness (QED) is 0.653. The van der Waals surface area contributed by atoms with Crippen LogP contribution in [0.3, 0.4) is 0 Å². The highest BCUT2D eigenvalue weighted by Crippen LogP contribution is 2.12. The van der Waals surface area contributed by atoms with Gasteiger partial charge in [-0.05, 0) is 19.3 Å². The summed E-state index contributed by atoms with van der Waals surface area (Å²) in [7, 11) is 0. The van der Waals surface area contributed by atoms with E-state index in [0.29, 0.717) is 0 Å². The molecule has 1 fully saturated rings. The smallest absolute Gasteiger partial charge is 0.233 e. The van der Waals surface area contributed by atoms with E-state index in [1.807, 2.05) is 5.01 Å². The molecule has 0 aromatic rings. The predicted octanol–water partition coefficient (Wildman–Crippen LogP) is 2.43. The van der Waals surface area contributed by atoms with Gasteiger partial charge in [0.25, 0.3) is 0 Å². The van der Waals surface area contributed by atoms with Crippen molar-refractivity contribution in [2.45, 2.75) is 52.4 Å². The van der Waals surface area contributed by atoms with Crippen LogP contribution < -0.4 is 0 Å². The fourth-order valence-corrected chi connectivity index (χ4v) is 2.13. The molecule has 88 valence electrons. The van der Waals surface area contributed by atoms with Crippen LogP contribution in [-0.2, 0) is 4.79 Å². The lowest BCUT2D eigenvalue weighted by molar-refractivity contribution is -0.148. The minimum absolute atomic E-state index is 0.202. The lowest BCUT2D eigenvalue weighted by atomic mass is 10.1. The number of hydrogen-bond donors (Lipinski definition) is 0. The van der Waals surface area contributed by atoms with Crippen LogP contribution in [-0.4, -0.2) is 35.6 Å². The van der Waals surface area contributed by atoms with E-state index in [0.717, 1.165) is 26.1 Å². The molecular weight excluding hydrogens is 188 g/mol. The molecule has 0 atom stereocenters. The Bertz CT molecular complexity index is 188. The number of amides is 1. The molecule has 15 heavy (non-hydrogen) atoms. The number of unbranched alkanes of at least 4 members (excludes halogenated alkanes) is 2. The van der Waals surface area contributed by atoms with Crippen molar-refractivity contribution in [1.29, 1.82) is 0 Å². The van der Waals surface area contributed by atoms with Crippen molar-refractivity contribution < 1.29 is 4.79 Å². The average Bonchev–Trinajstić information content (AvgIpc) is 2.25. The third kappa shape index (κ3) is 4.20. The van der Waals surface area contributed by atoms with Crippen LogP contribution in [0.4, 0.5) is 0 Å². The third-order valence-electron chi connectivity index (χ3n) is 3.01. The number of hydrazine groups is 1. The van der Waals surface area contributed by atoms with Gasteiger partial charge in [0.2, 0.25) is 5.91 Å². The summed E-state index contributed by atoms with van der Waals surface area (Å²) in [6, 6.07) is 0. The Morgan fingerprint density at radius 2 is 1.87 bits per heavy atom. The molecule has 0 radical (unpaired) electrons. The van der Waals surface area contributed by atoms with Crippen molar-refractivity contribution in [3.63, 3.8) is 0 Å². The second-order valence-corrected chi connectivity index (χ2v) is 4.36. The first-order valence-electron chi connectivity index (χ1n) is 6.28. The van der Waals surface area contributed by atoms with Gasteiger partial charge in [0.15, 0.2) is 0 Å². The van der Waals surface area contributed by atoms with Crippen molar-refractivity contribution in [3.8, 4) is 0 Å². The van der Waals surface area contributed by atoms with E-state index in [2.05, 4.69) is 11.9 Å². The molecule has 3 heteroatoms. The third-order valence-corrected chi connectivity index (χ3v) is 3.01. The molecule has 0 bridgehead atoms. The van der Waals surface area contributed by atoms with Crippen LogP contribution in [0.1, 0.15) is 52.4 Å². The summed E-state index contributed by atoms with van der Waals surface area (Å²) >= 11 is 0. The molecule has 1 aliphatic heterocycles. The van der Waals surface area contributed by atoms with Crippen LogP contribution in [0.25, 0.3) is 0 Å². The summed E-state index contributed by atoms with van der Waals surface area (Å²) in [5, 5.41) is 4.19. The van der Waals surface area contributed by atoms with Crippen molar-refractivity contribution in [3.05, 3.63) is 0 Å². The van der Waals surface area contributed by atoms with Crippen LogP contribution in [0.5, 0.6) is 0 Å². The van der Waals surface area contributed by atoms with Gasteiger partial charge in [-0.1, -0.05) is 26.2 Å². The lowest BCUT2D eigenvalue weighted by Crippen LogP contribution is -2.48. The Morgan fingerprint density at radius 3 is 2.40 bits per heavy atom. The maximum Gasteiger partial charge on any atom is 0.233 e. The molecular formula is C12H24N2O. The summed E-state index contributed by atoms with van der Waals surface area (Å²) in [4.78, 5) is 11.5. The van der Waals surface area contributed by atoms with Crippen LogP contribution in [0, 0.1) is 0 Å². The van der Waals surface area contributed by atoms with E-state index in [-0.39, 0.29) is 5.91 Å². The monoisotopic (exact) mass is 212 g/mol. The Morgan fingerprint density at radius 1 is 1.20 bits per heavy atom. The standard InChI is InChI=1S/C12H24N2O/c1-3-4-6-11-14(12(2)15)13-9-7-5-8-10-13/h3-11H2,1-2H3. The summed E-state index contributed by atoms with van der Waals surface area (Å²) in [6.45, 7) is 6.90. The zero-order valence-electron chi connectivity index (χ0n) is 10.2. The van der Waals surface area contributed by atoms with Crippen LogP contribution in [0.15, 0.2) is 0 Å². The van der Waals surface area contributed by atoms with E-state index < -0.39 is 0 Å². The van der Waals surface area contributed by atoms with Gasteiger partial charge in [-0.15, -0.1) is 0 Å². The fraction of sp³-hybridized carbons (Fsp3) is 0.917. The first kappa shape index (κ1) is 12.5. The molecule has 1 aliphatic rings. The highest BCUT2D eigenvalue weighted by Gasteiger charge is 2.19. The number of piperidine rings is 1. The van der Waals surface area contributed by atoms with E-state index >= 15 is 0 Å². The molecule has 1 saturated heterocycles. The molecule has 0 unspecified atom stereocenters. The van der Waals surface area contributed by atoms with Gasteiger partial charge < -0.3 is 0 Å². The van der Waals surface area contributed by atoms with Gasteiger partial charge >= 0.3 is 0 Å². The number of carbonyl (C=O) groups is 1. The Balaban J connectivity index is 2.37. The maximum atomic E-state index is 11.5. The van der Waals surface area contributed by atoms with Crippen molar-refractivity contribution >= 4 is 5.91 Å². The number of hydrogen-bond acceptors (Lipinski definition) is 2.